The Hall–Kier alpha value is -1.84. The highest BCUT2D eigenvalue weighted by Crippen LogP contribution is 2.34. The number of rotatable bonds is 5. The molecule has 2 nitrogen and oxygen atoms in total. The molecular weight excluding hydrogens is 278 g/mol. The van der Waals surface area contributed by atoms with Crippen LogP contribution in [0.3, 0.4) is 0 Å². The fraction of sp³-hybridized carbons (Fsp3) is 0.222. The number of hydrogen-bond acceptors (Lipinski definition) is 3. The zero-order chi connectivity index (χ0) is 14.7. The molecule has 0 saturated heterocycles. The van der Waals surface area contributed by atoms with Gasteiger partial charge in [-0.3, -0.25) is 0 Å². The first-order chi connectivity index (χ1) is 10.3. The van der Waals surface area contributed by atoms with Crippen molar-refractivity contribution < 1.29 is 4.74 Å². The SMILES string of the molecule is CNC(C)c1ccc2ccccc2c1OCc1cccs1. The minimum absolute atomic E-state index is 0.257. The molecule has 0 aliphatic rings. The van der Waals surface area contributed by atoms with Crippen LogP contribution in [-0.2, 0) is 6.61 Å². The molecule has 1 atom stereocenters. The van der Waals surface area contributed by atoms with Gasteiger partial charge < -0.3 is 10.1 Å². The van der Waals surface area contributed by atoms with Crippen molar-refractivity contribution in [1.82, 2.24) is 5.32 Å². The van der Waals surface area contributed by atoms with Gasteiger partial charge in [-0.2, -0.15) is 0 Å². The Morgan fingerprint density at radius 2 is 1.95 bits per heavy atom. The molecule has 0 saturated carbocycles. The summed E-state index contributed by atoms with van der Waals surface area (Å²) in [6, 6.07) is 17.1. The van der Waals surface area contributed by atoms with Crippen molar-refractivity contribution in [3.63, 3.8) is 0 Å². The van der Waals surface area contributed by atoms with Gasteiger partial charge in [-0.05, 0) is 30.8 Å². The summed E-state index contributed by atoms with van der Waals surface area (Å²) in [5.74, 6) is 0.989. The Morgan fingerprint density at radius 1 is 1.10 bits per heavy atom. The minimum Gasteiger partial charge on any atom is -0.487 e. The molecule has 3 heteroatoms. The Bertz CT molecular complexity index is 721. The molecule has 1 aromatic heterocycles. The van der Waals surface area contributed by atoms with Crippen molar-refractivity contribution in [2.24, 2.45) is 0 Å². The standard InChI is InChI=1S/C18H19NOS/c1-13(19-2)16-10-9-14-6-3-4-8-17(14)18(16)20-12-15-7-5-11-21-15/h3-11,13,19H,12H2,1-2H3. The fourth-order valence-electron chi connectivity index (χ4n) is 2.46. The highest BCUT2D eigenvalue weighted by atomic mass is 32.1. The van der Waals surface area contributed by atoms with E-state index >= 15 is 0 Å². The maximum absolute atomic E-state index is 6.19. The van der Waals surface area contributed by atoms with Gasteiger partial charge in [-0.25, -0.2) is 0 Å². The first kappa shape index (κ1) is 14.1. The highest BCUT2D eigenvalue weighted by molar-refractivity contribution is 7.09. The molecule has 0 aliphatic heterocycles. The van der Waals surface area contributed by atoms with Crippen molar-refractivity contribution in [2.45, 2.75) is 19.6 Å². The lowest BCUT2D eigenvalue weighted by molar-refractivity contribution is 0.308. The second kappa shape index (κ2) is 6.29. The number of fused-ring (bicyclic) bond motifs is 1. The lowest BCUT2D eigenvalue weighted by Gasteiger charge is -2.18. The third-order valence-electron chi connectivity index (χ3n) is 3.75. The average Bonchev–Trinajstić information content (AvgIpc) is 3.05. The van der Waals surface area contributed by atoms with E-state index < -0.39 is 0 Å². The average molecular weight is 297 g/mol. The number of nitrogens with one attached hydrogen (secondary N) is 1. The predicted molar refractivity (Wildman–Crippen MR) is 90.1 cm³/mol. The van der Waals surface area contributed by atoms with Crippen LogP contribution in [0.5, 0.6) is 5.75 Å². The summed E-state index contributed by atoms with van der Waals surface area (Å²) in [5, 5.41) is 7.77. The van der Waals surface area contributed by atoms with Crippen LogP contribution in [0.2, 0.25) is 0 Å². The maximum Gasteiger partial charge on any atom is 0.132 e. The van der Waals surface area contributed by atoms with Gasteiger partial charge >= 0.3 is 0 Å². The molecule has 0 aliphatic carbocycles. The van der Waals surface area contributed by atoms with Crippen LogP contribution in [0, 0.1) is 0 Å². The molecule has 1 heterocycles. The molecular formula is C18H19NOS. The van der Waals surface area contributed by atoms with E-state index in [0.29, 0.717) is 6.61 Å². The predicted octanol–water partition coefficient (Wildman–Crippen LogP) is 4.76. The summed E-state index contributed by atoms with van der Waals surface area (Å²) in [6.07, 6.45) is 0. The van der Waals surface area contributed by atoms with Gasteiger partial charge in [-0.15, -0.1) is 11.3 Å². The molecule has 0 spiro atoms. The van der Waals surface area contributed by atoms with Gasteiger partial charge in [0.05, 0.1) is 0 Å². The third-order valence-corrected chi connectivity index (χ3v) is 4.60. The van der Waals surface area contributed by atoms with E-state index in [0.717, 1.165) is 5.75 Å². The van der Waals surface area contributed by atoms with Gasteiger partial charge in [0.15, 0.2) is 0 Å². The second-order valence-corrected chi connectivity index (χ2v) is 6.12. The van der Waals surface area contributed by atoms with Crippen LogP contribution in [0.25, 0.3) is 10.8 Å². The number of hydrogen-bond donors (Lipinski definition) is 1. The van der Waals surface area contributed by atoms with Crippen molar-refractivity contribution >= 4 is 22.1 Å². The van der Waals surface area contributed by atoms with E-state index in [9.17, 15) is 0 Å². The Kier molecular flexibility index (Phi) is 4.23. The first-order valence-corrected chi connectivity index (χ1v) is 8.01. The smallest absolute Gasteiger partial charge is 0.132 e. The van der Waals surface area contributed by atoms with Crippen LogP contribution in [-0.4, -0.2) is 7.05 Å². The Balaban J connectivity index is 2.02. The summed E-state index contributed by atoms with van der Waals surface area (Å²) in [4.78, 5) is 1.24. The Labute approximate surface area is 129 Å². The van der Waals surface area contributed by atoms with Gasteiger partial charge in [0.25, 0.3) is 0 Å². The lowest BCUT2D eigenvalue weighted by Crippen LogP contribution is -2.14. The molecule has 21 heavy (non-hydrogen) atoms. The minimum atomic E-state index is 0.257. The fourth-order valence-corrected chi connectivity index (χ4v) is 3.07. The quantitative estimate of drug-likeness (QED) is 0.733. The van der Waals surface area contributed by atoms with Crippen molar-refractivity contribution in [2.75, 3.05) is 7.05 Å². The zero-order valence-electron chi connectivity index (χ0n) is 12.3. The number of benzene rings is 2. The number of thiophene rings is 1. The van der Waals surface area contributed by atoms with E-state index in [4.69, 9.17) is 4.74 Å². The van der Waals surface area contributed by atoms with Crippen molar-refractivity contribution in [3.05, 3.63) is 64.4 Å². The lowest BCUT2D eigenvalue weighted by atomic mass is 10.0. The van der Waals surface area contributed by atoms with Crippen molar-refractivity contribution in [1.29, 1.82) is 0 Å². The Morgan fingerprint density at radius 3 is 2.71 bits per heavy atom. The van der Waals surface area contributed by atoms with Gasteiger partial charge in [0.2, 0.25) is 0 Å². The van der Waals surface area contributed by atoms with E-state index in [1.807, 2.05) is 7.05 Å². The summed E-state index contributed by atoms with van der Waals surface area (Å²) < 4.78 is 6.19. The largest absolute Gasteiger partial charge is 0.487 e. The van der Waals surface area contributed by atoms with Crippen LogP contribution in [0.15, 0.2) is 53.9 Å². The molecule has 108 valence electrons. The van der Waals surface area contributed by atoms with E-state index in [-0.39, 0.29) is 6.04 Å². The molecule has 0 amide bonds. The van der Waals surface area contributed by atoms with Crippen LogP contribution >= 0.6 is 11.3 Å². The maximum atomic E-state index is 6.19. The van der Waals surface area contributed by atoms with E-state index in [1.165, 1.54) is 21.2 Å². The molecule has 1 N–H and O–H groups in total. The van der Waals surface area contributed by atoms with Gasteiger partial charge in [0, 0.05) is 21.9 Å². The monoisotopic (exact) mass is 297 g/mol. The van der Waals surface area contributed by atoms with E-state index in [2.05, 4.69) is 66.2 Å². The number of ether oxygens (including phenoxy) is 1. The van der Waals surface area contributed by atoms with Gasteiger partial charge in [-0.1, -0.05) is 42.5 Å². The first-order valence-electron chi connectivity index (χ1n) is 7.13. The molecule has 2 aromatic carbocycles. The molecule has 0 fully saturated rings. The van der Waals surface area contributed by atoms with Crippen molar-refractivity contribution in [3.8, 4) is 5.75 Å². The molecule has 3 rings (SSSR count). The summed E-state index contributed by atoms with van der Waals surface area (Å²) in [5.41, 5.74) is 1.20. The summed E-state index contributed by atoms with van der Waals surface area (Å²) >= 11 is 1.73. The van der Waals surface area contributed by atoms with E-state index in [1.54, 1.807) is 11.3 Å². The molecule has 3 aromatic rings. The summed E-state index contributed by atoms with van der Waals surface area (Å²) in [7, 11) is 1.98. The van der Waals surface area contributed by atoms with Gasteiger partial charge in [0.1, 0.15) is 12.4 Å². The normalized spacial score (nSPS) is 12.5. The van der Waals surface area contributed by atoms with Crippen LogP contribution < -0.4 is 10.1 Å². The molecule has 0 radical (unpaired) electrons. The summed E-state index contributed by atoms with van der Waals surface area (Å²) in [6.45, 7) is 2.78. The highest BCUT2D eigenvalue weighted by Gasteiger charge is 2.14. The second-order valence-electron chi connectivity index (χ2n) is 5.08. The molecule has 0 bridgehead atoms. The van der Waals surface area contributed by atoms with Crippen LogP contribution in [0.4, 0.5) is 0 Å². The zero-order valence-corrected chi connectivity index (χ0v) is 13.1. The molecule has 1 unspecified atom stereocenters. The third kappa shape index (κ3) is 2.94. The van der Waals surface area contributed by atoms with Crippen LogP contribution in [0.1, 0.15) is 23.4 Å². The topological polar surface area (TPSA) is 21.3 Å².